The van der Waals surface area contributed by atoms with Gasteiger partial charge in [-0.25, -0.2) is 0 Å². The zero-order valence-electron chi connectivity index (χ0n) is 25.5. The summed E-state index contributed by atoms with van der Waals surface area (Å²) in [7, 11) is 0. The Hall–Kier alpha value is -4.40. The Balaban J connectivity index is 1.39. The van der Waals surface area contributed by atoms with E-state index < -0.39 is 0 Å². The minimum atomic E-state index is 0.721. The summed E-state index contributed by atoms with van der Waals surface area (Å²) >= 11 is 0. The summed E-state index contributed by atoms with van der Waals surface area (Å²) in [6.45, 7) is 9.44. The Morgan fingerprint density at radius 2 is 0.432 bits per heavy atom. The highest BCUT2D eigenvalue weighted by Gasteiger charge is 2.05. The maximum Gasteiger partial charge on any atom is 0.0517 e. The van der Waals surface area contributed by atoms with Crippen molar-refractivity contribution in [1.82, 2.24) is 9.80 Å². The van der Waals surface area contributed by atoms with Crippen LogP contribution in [-0.4, -0.2) is 126 Å². The van der Waals surface area contributed by atoms with Gasteiger partial charge in [-0.05, 0) is 33.4 Å². The fraction of sp³-hybridized carbons (Fsp3) is 0.333. The van der Waals surface area contributed by atoms with E-state index in [1.807, 2.05) is 37.3 Å². The molecule has 15 rings (SSSR count). The van der Waals surface area contributed by atoms with Crippen LogP contribution in [0.2, 0.25) is 0 Å². The van der Waals surface area contributed by atoms with Crippen LogP contribution in [0.15, 0.2) is 103 Å². The van der Waals surface area contributed by atoms with E-state index in [4.69, 9.17) is 30.0 Å². The molecular formula is C36H42N8. The maximum atomic E-state index is 4.72. The molecule has 0 fully saturated rings. The molecule has 0 N–H and O–H groups in total. The van der Waals surface area contributed by atoms with Crippen LogP contribution in [0.3, 0.4) is 0 Å². The molecule has 0 spiro atoms. The highest BCUT2D eigenvalue weighted by Crippen LogP contribution is 2.04. The first kappa shape index (κ1) is 31.0. The molecule has 12 aliphatic heterocycles. The zero-order valence-corrected chi connectivity index (χ0v) is 25.5. The number of hydrogen-bond acceptors (Lipinski definition) is 8. The fourth-order valence-electron chi connectivity index (χ4n) is 4.89. The van der Waals surface area contributed by atoms with Crippen LogP contribution in [0.25, 0.3) is 0 Å². The Morgan fingerprint density at radius 1 is 0.273 bits per heavy atom. The van der Waals surface area contributed by atoms with E-state index in [0.717, 1.165) is 112 Å². The molecule has 0 amide bonds. The first-order valence-electron chi connectivity index (χ1n) is 15.5. The van der Waals surface area contributed by atoms with Gasteiger partial charge in [-0.2, -0.15) is 0 Å². The van der Waals surface area contributed by atoms with Crippen molar-refractivity contribution in [3.05, 3.63) is 106 Å². The van der Waals surface area contributed by atoms with Crippen LogP contribution in [-0.2, 0) is 0 Å². The summed E-state index contributed by atoms with van der Waals surface area (Å²) in [6, 6.07) is 25.2. The van der Waals surface area contributed by atoms with Gasteiger partial charge in [0.15, 0.2) is 0 Å². The lowest BCUT2D eigenvalue weighted by molar-refractivity contribution is 0.298. The molecule has 0 saturated heterocycles. The second-order valence-corrected chi connectivity index (χ2v) is 10.9. The van der Waals surface area contributed by atoms with Crippen LogP contribution < -0.4 is 0 Å². The average Bonchev–Trinajstić information content (AvgIpc) is 3.05. The van der Waals surface area contributed by atoms with Crippen LogP contribution in [0.5, 0.6) is 0 Å². The van der Waals surface area contributed by atoms with Gasteiger partial charge in [0.05, 0.1) is 39.3 Å². The van der Waals surface area contributed by atoms with Crippen molar-refractivity contribution < 1.29 is 0 Å². The van der Waals surface area contributed by atoms with Crippen molar-refractivity contribution in [2.24, 2.45) is 30.0 Å². The van der Waals surface area contributed by atoms with Gasteiger partial charge in [-0.15, -0.1) is 0 Å². The van der Waals surface area contributed by atoms with E-state index in [9.17, 15) is 0 Å². The molecule has 8 bridgehead atoms. The third-order valence-electron chi connectivity index (χ3n) is 7.52. The zero-order chi connectivity index (χ0) is 30.1. The lowest BCUT2D eigenvalue weighted by Gasteiger charge is -2.19. The Kier molecular flexibility index (Phi) is 12.5. The van der Waals surface area contributed by atoms with E-state index in [2.05, 4.69) is 82.6 Å². The summed E-state index contributed by atoms with van der Waals surface area (Å²) in [5.74, 6) is 0. The molecule has 0 atom stereocenters. The molecule has 0 aromatic heterocycles. The lowest BCUT2D eigenvalue weighted by atomic mass is 10.1. The van der Waals surface area contributed by atoms with E-state index >= 15 is 0 Å². The van der Waals surface area contributed by atoms with E-state index in [0.29, 0.717) is 0 Å². The SMILES string of the molecule is C1=NCCN2CCN=Cc3ccc(cc3)C=NCCN(CCN=Cc3ccc1cc3)CCN=Cc1ccc(cc1)C=NCC2. The van der Waals surface area contributed by atoms with Crippen molar-refractivity contribution in [2.75, 3.05) is 78.5 Å². The Bertz CT molecular complexity index is 1160. The molecule has 12 heterocycles. The molecule has 8 heteroatoms. The molecular weight excluding hydrogens is 544 g/mol. The van der Waals surface area contributed by atoms with Crippen molar-refractivity contribution in [3.63, 3.8) is 0 Å². The van der Waals surface area contributed by atoms with Gasteiger partial charge in [-0.3, -0.25) is 39.8 Å². The third kappa shape index (κ3) is 11.0. The lowest BCUT2D eigenvalue weighted by Crippen LogP contribution is -2.31. The predicted octanol–water partition coefficient (Wildman–Crippen LogP) is 4.23. The van der Waals surface area contributed by atoms with E-state index in [1.54, 1.807) is 0 Å². The van der Waals surface area contributed by atoms with Crippen LogP contribution in [0.1, 0.15) is 33.4 Å². The maximum absolute atomic E-state index is 4.72. The molecule has 0 saturated carbocycles. The van der Waals surface area contributed by atoms with Gasteiger partial charge in [0.1, 0.15) is 0 Å². The first-order valence-corrected chi connectivity index (χ1v) is 15.5. The summed E-state index contributed by atoms with van der Waals surface area (Å²) < 4.78 is 0. The smallest absolute Gasteiger partial charge is 0.0517 e. The average molecular weight is 587 g/mol. The number of benzene rings is 3. The number of nitrogens with zero attached hydrogens (tertiary/aromatic N) is 8. The van der Waals surface area contributed by atoms with E-state index in [1.165, 1.54) is 0 Å². The summed E-state index contributed by atoms with van der Waals surface area (Å²) in [5.41, 5.74) is 6.56. The molecule has 3 aromatic rings. The van der Waals surface area contributed by atoms with Crippen molar-refractivity contribution >= 4 is 37.3 Å². The first-order chi connectivity index (χ1) is 21.8. The normalized spacial score (nSPS) is 20.5. The van der Waals surface area contributed by atoms with Crippen molar-refractivity contribution in [3.8, 4) is 0 Å². The van der Waals surface area contributed by atoms with Gasteiger partial charge in [-0.1, -0.05) is 72.8 Å². The monoisotopic (exact) mass is 586 g/mol. The van der Waals surface area contributed by atoms with E-state index in [-0.39, 0.29) is 0 Å². The van der Waals surface area contributed by atoms with Gasteiger partial charge in [0, 0.05) is 76.6 Å². The molecule has 44 heavy (non-hydrogen) atoms. The third-order valence-corrected chi connectivity index (χ3v) is 7.52. The highest BCUT2D eigenvalue weighted by molar-refractivity contribution is 5.85. The second kappa shape index (κ2) is 17.7. The van der Waals surface area contributed by atoms with Crippen molar-refractivity contribution in [1.29, 1.82) is 0 Å². The van der Waals surface area contributed by atoms with Gasteiger partial charge in [0.25, 0.3) is 0 Å². The quantitative estimate of drug-likeness (QED) is 0.395. The molecule has 0 unspecified atom stereocenters. The number of aliphatic imine (C=N–C) groups is 6. The Labute approximate surface area is 261 Å². The molecule has 226 valence electrons. The summed E-state index contributed by atoms with van der Waals surface area (Å²) in [4.78, 5) is 33.1. The van der Waals surface area contributed by atoms with Gasteiger partial charge in [0.2, 0.25) is 0 Å². The number of rotatable bonds is 0. The van der Waals surface area contributed by atoms with Gasteiger partial charge < -0.3 is 0 Å². The van der Waals surface area contributed by atoms with Crippen LogP contribution >= 0.6 is 0 Å². The largest absolute Gasteiger partial charge is 0.298 e. The minimum Gasteiger partial charge on any atom is -0.298 e. The molecule has 3 aromatic carbocycles. The summed E-state index contributed by atoms with van der Waals surface area (Å²) in [6.07, 6.45) is 11.7. The highest BCUT2D eigenvalue weighted by atomic mass is 15.2. The van der Waals surface area contributed by atoms with Crippen LogP contribution in [0, 0.1) is 0 Å². The molecule has 8 nitrogen and oxygen atoms in total. The number of hydrogen-bond donors (Lipinski definition) is 0. The fourth-order valence-corrected chi connectivity index (χ4v) is 4.89. The molecule has 12 aliphatic rings. The topological polar surface area (TPSA) is 80.6 Å². The van der Waals surface area contributed by atoms with Crippen molar-refractivity contribution in [2.45, 2.75) is 0 Å². The van der Waals surface area contributed by atoms with Gasteiger partial charge >= 0.3 is 0 Å². The molecule has 0 radical (unpaired) electrons. The standard InChI is InChI=1S/C36H42N8/c1-2-32-4-3-31(1)25-37-13-19-43-21-15-39-27-33-5-9-35(10-6-33)29-41-17-23-44(20-14-38-26-32)24-18-42-30-36-11-7-34(8-12-36)28-40-16-22-43/h1-12,25-30H,13-24H2. The Morgan fingerprint density at radius 3 is 0.591 bits per heavy atom. The van der Waals surface area contributed by atoms with Crippen LogP contribution in [0.4, 0.5) is 0 Å². The minimum absolute atomic E-state index is 0.721. The summed E-state index contributed by atoms with van der Waals surface area (Å²) in [5, 5.41) is 0. The second-order valence-electron chi connectivity index (χ2n) is 10.9. The predicted molar refractivity (Wildman–Crippen MR) is 187 cm³/mol. The molecule has 0 aliphatic carbocycles.